The van der Waals surface area contributed by atoms with Gasteiger partial charge in [0.25, 0.3) is 0 Å². The summed E-state index contributed by atoms with van der Waals surface area (Å²) in [5, 5.41) is 3.37. The molecule has 0 aliphatic rings. The Kier molecular flexibility index (Phi) is 5.44. The molecule has 0 radical (unpaired) electrons. The summed E-state index contributed by atoms with van der Waals surface area (Å²) in [5.74, 6) is 1.65. The molecule has 1 aromatic carbocycles. The standard InChI is InChI=1S/C14H24N2O2/c1-14(2,15)7-8-16-10-11-5-6-12(17-3)9-13(11)18-4/h5-6,9,16H,7-8,10,15H2,1-4H3. The predicted octanol–water partition coefficient (Wildman–Crippen LogP) is 1.92. The molecule has 102 valence electrons. The van der Waals surface area contributed by atoms with Crippen molar-refractivity contribution in [3.8, 4) is 11.5 Å². The first-order valence-electron chi connectivity index (χ1n) is 6.17. The number of rotatable bonds is 7. The van der Waals surface area contributed by atoms with Crippen LogP contribution >= 0.6 is 0 Å². The molecule has 4 nitrogen and oxygen atoms in total. The Hall–Kier alpha value is -1.26. The van der Waals surface area contributed by atoms with Crippen molar-refractivity contribution in [1.29, 1.82) is 0 Å². The molecule has 18 heavy (non-hydrogen) atoms. The van der Waals surface area contributed by atoms with E-state index in [9.17, 15) is 0 Å². The number of nitrogens with one attached hydrogen (secondary N) is 1. The minimum Gasteiger partial charge on any atom is -0.497 e. The van der Waals surface area contributed by atoms with Crippen molar-refractivity contribution in [2.45, 2.75) is 32.4 Å². The molecular formula is C14H24N2O2. The minimum atomic E-state index is -0.128. The van der Waals surface area contributed by atoms with Crippen LogP contribution < -0.4 is 20.5 Å². The summed E-state index contributed by atoms with van der Waals surface area (Å²) < 4.78 is 10.5. The Morgan fingerprint density at radius 1 is 1.22 bits per heavy atom. The van der Waals surface area contributed by atoms with Gasteiger partial charge in [0, 0.05) is 23.7 Å². The van der Waals surface area contributed by atoms with Crippen LogP contribution in [0, 0.1) is 0 Å². The third-order valence-electron chi connectivity index (χ3n) is 2.76. The molecule has 1 rings (SSSR count). The third-order valence-corrected chi connectivity index (χ3v) is 2.76. The van der Waals surface area contributed by atoms with E-state index in [-0.39, 0.29) is 5.54 Å². The fraction of sp³-hybridized carbons (Fsp3) is 0.571. The molecule has 0 aliphatic carbocycles. The van der Waals surface area contributed by atoms with E-state index in [0.717, 1.165) is 36.6 Å². The van der Waals surface area contributed by atoms with E-state index >= 15 is 0 Å². The minimum absolute atomic E-state index is 0.128. The van der Waals surface area contributed by atoms with Gasteiger partial charge in [0.2, 0.25) is 0 Å². The fourth-order valence-corrected chi connectivity index (χ4v) is 1.63. The van der Waals surface area contributed by atoms with Gasteiger partial charge in [0.15, 0.2) is 0 Å². The van der Waals surface area contributed by atoms with Crippen molar-refractivity contribution >= 4 is 0 Å². The maximum atomic E-state index is 5.93. The average molecular weight is 252 g/mol. The van der Waals surface area contributed by atoms with E-state index in [1.807, 2.05) is 32.0 Å². The zero-order chi connectivity index (χ0) is 13.6. The Morgan fingerprint density at radius 3 is 2.50 bits per heavy atom. The molecule has 0 aliphatic heterocycles. The predicted molar refractivity (Wildman–Crippen MR) is 74.1 cm³/mol. The number of ether oxygens (including phenoxy) is 2. The van der Waals surface area contributed by atoms with Crippen molar-refractivity contribution in [2.75, 3.05) is 20.8 Å². The molecule has 0 bridgehead atoms. The number of hydrogen-bond donors (Lipinski definition) is 2. The van der Waals surface area contributed by atoms with Crippen LogP contribution in [0.15, 0.2) is 18.2 Å². The number of hydrogen-bond acceptors (Lipinski definition) is 4. The lowest BCUT2D eigenvalue weighted by Gasteiger charge is -2.18. The molecule has 4 heteroatoms. The summed E-state index contributed by atoms with van der Waals surface area (Å²) >= 11 is 0. The maximum absolute atomic E-state index is 5.93. The summed E-state index contributed by atoms with van der Waals surface area (Å²) in [6, 6.07) is 5.84. The lowest BCUT2D eigenvalue weighted by Crippen LogP contribution is -2.35. The molecule has 0 saturated heterocycles. The number of nitrogens with two attached hydrogens (primary N) is 1. The van der Waals surface area contributed by atoms with Gasteiger partial charge in [-0.3, -0.25) is 0 Å². The van der Waals surface area contributed by atoms with Gasteiger partial charge in [-0.1, -0.05) is 6.07 Å². The van der Waals surface area contributed by atoms with E-state index in [0.29, 0.717) is 0 Å². The van der Waals surface area contributed by atoms with Gasteiger partial charge in [-0.2, -0.15) is 0 Å². The summed E-state index contributed by atoms with van der Waals surface area (Å²) in [6.07, 6.45) is 0.936. The van der Waals surface area contributed by atoms with Crippen LogP contribution in [0.1, 0.15) is 25.8 Å². The Morgan fingerprint density at radius 2 is 1.94 bits per heavy atom. The molecule has 0 amide bonds. The average Bonchev–Trinajstić information content (AvgIpc) is 2.33. The van der Waals surface area contributed by atoms with Crippen molar-refractivity contribution < 1.29 is 9.47 Å². The molecule has 0 atom stereocenters. The highest BCUT2D eigenvalue weighted by molar-refractivity contribution is 5.40. The van der Waals surface area contributed by atoms with Crippen molar-refractivity contribution in [3.05, 3.63) is 23.8 Å². The Labute approximate surface area is 109 Å². The van der Waals surface area contributed by atoms with Crippen LogP contribution in [0.2, 0.25) is 0 Å². The van der Waals surface area contributed by atoms with E-state index in [4.69, 9.17) is 15.2 Å². The molecule has 0 spiro atoms. The van der Waals surface area contributed by atoms with Gasteiger partial charge in [0.1, 0.15) is 11.5 Å². The highest BCUT2D eigenvalue weighted by Gasteiger charge is 2.10. The second-order valence-corrected chi connectivity index (χ2v) is 5.09. The second kappa shape index (κ2) is 6.61. The molecule has 0 aromatic heterocycles. The zero-order valence-electron chi connectivity index (χ0n) is 11.7. The van der Waals surface area contributed by atoms with Crippen LogP contribution in [0.3, 0.4) is 0 Å². The first-order valence-corrected chi connectivity index (χ1v) is 6.17. The lowest BCUT2D eigenvalue weighted by molar-refractivity contribution is 0.389. The highest BCUT2D eigenvalue weighted by atomic mass is 16.5. The number of benzene rings is 1. The molecule has 0 fully saturated rings. The highest BCUT2D eigenvalue weighted by Crippen LogP contribution is 2.24. The second-order valence-electron chi connectivity index (χ2n) is 5.09. The van der Waals surface area contributed by atoms with Crippen molar-refractivity contribution in [1.82, 2.24) is 5.32 Å². The topological polar surface area (TPSA) is 56.5 Å². The normalized spacial score (nSPS) is 11.4. The first-order chi connectivity index (χ1) is 8.46. The van der Waals surface area contributed by atoms with E-state index in [1.165, 1.54) is 0 Å². The summed E-state index contributed by atoms with van der Waals surface area (Å²) in [5.41, 5.74) is 6.92. The van der Waals surface area contributed by atoms with E-state index in [1.54, 1.807) is 14.2 Å². The first kappa shape index (κ1) is 14.8. The maximum Gasteiger partial charge on any atom is 0.127 e. The Balaban J connectivity index is 2.51. The van der Waals surface area contributed by atoms with E-state index in [2.05, 4.69) is 5.32 Å². The van der Waals surface area contributed by atoms with Crippen LogP contribution in [-0.2, 0) is 6.54 Å². The number of methoxy groups -OCH3 is 2. The zero-order valence-corrected chi connectivity index (χ0v) is 11.7. The molecule has 0 heterocycles. The van der Waals surface area contributed by atoms with Gasteiger partial charge < -0.3 is 20.5 Å². The van der Waals surface area contributed by atoms with E-state index < -0.39 is 0 Å². The van der Waals surface area contributed by atoms with Gasteiger partial charge in [0.05, 0.1) is 14.2 Å². The third kappa shape index (κ3) is 4.94. The SMILES string of the molecule is COc1ccc(CNCCC(C)(C)N)c(OC)c1. The van der Waals surface area contributed by atoms with Gasteiger partial charge >= 0.3 is 0 Å². The Bertz CT molecular complexity index is 373. The smallest absolute Gasteiger partial charge is 0.127 e. The molecule has 1 aromatic rings. The monoisotopic (exact) mass is 252 g/mol. The molecule has 3 N–H and O–H groups in total. The van der Waals surface area contributed by atoms with Gasteiger partial charge in [-0.15, -0.1) is 0 Å². The quantitative estimate of drug-likeness (QED) is 0.728. The fourth-order valence-electron chi connectivity index (χ4n) is 1.63. The van der Waals surface area contributed by atoms with Crippen molar-refractivity contribution in [3.63, 3.8) is 0 Å². The van der Waals surface area contributed by atoms with Gasteiger partial charge in [-0.25, -0.2) is 0 Å². The largest absolute Gasteiger partial charge is 0.497 e. The molecular weight excluding hydrogens is 228 g/mol. The van der Waals surface area contributed by atoms with Crippen LogP contribution in [0.25, 0.3) is 0 Å². The summed E-state index contributed by atoms with van der Waals surface area (Å²) in [6.45, 7) is 5.72. The van der Waals surface area contributed by atoms with Crippen LogP contribution in [0.5, 0.6) is 11.5 Å². The van der Waals surface area contributed by atoms with Crippen molar-refractivity contribution in [2.24, 2.45) is 5.73 Å². The van der Waals surface area contributed by atoms with Crippen LogP contribution in [-0.4, -0.2) is 26.3 Å². The van der Waals surface area contributed by atoms with Crippen LogP contribution in [0.4, 0.5) is 0 Å². The molecule has 0 unspecified atom stereocenters. The van der Waals surface area contributed by atoms with Gasteiger partial charge in [-0.05, 0) is 32.9 Å². The summed E-state index contributed by atoms with van der Waals surface area (Å²) in [7, 11) is 3.32. The molecule has 0 saturated carbocycles. The lowest BCUT2D eigenvalue weighted by atomic mass is 10.0. The summed E-state index contributed by atoms with van der Waals surface area (Å²) in [4.78, 5) is 0.